The Labute approximate surface area is 108 Å². The first-order valence-corrected chi connectivity index (χ1v) is 6.22. The average molecular weight is 296 g/mol. The van der Waals surface area contributed by atoms with Crippen LogP contribution in [0.15, 0.2) is 28.9 Å². The van der Waals surface area contributed by atoms with E-state index in [1.54, 1.807) is 0 Å². The van der Waals surface area contributed by atoms with Crippen molar-refractivity contribution in [2.75, 3.05) is 7.11 Å². The van der Waals surface area contributed by atoms with Gasteiger partial charge in [-0.3, -0.25) is 0 Å². The lowest BCUT2D eigenvalue weighted by Gasteiger charge is -2.08. The van der Waals surface area contributed by atoms with Crippen molar-refractivity contribution in [2.24, 2.45) is 0 Å². The molecule has 0 aliphatic rings. The molecule has 3 nitrogen and oxygen atoms in total. The molecule has 1 aromatic heterocycles. The van der Waals surface area contributed by atoms with Gasteiger partial charge in [0.2, 0.25) is 0 Å². The van der Waals surface area contributed by atoms with Crippen LogP contribution in [0.2, 0.25) is 0 Å². The van der Waals surface area contributed by atoms with E-state index in [-0.39, 0.29) is 5.97 Å². The number of carbonyl (C=O) groups is 1. The topological polar surface area (TPSA) is 31.2 Å². The molecule has 0 fully saturated rings. The van der Waals surface area contributed by atoms with Gasteiger partial charge in [0.1, 0.15) is 0 Å². The summed E-state index contributed by atoms with van der Waals surface area (Å²) < 4.78 is 7.84. The maximum atomic E-state index is 11.7. The molecule has 0 saturated carbocycles. The second kappa shape index (κ2) is 4.53. The highest BCUT2D eigenvalue weighted by atomic mass is 79.9. The molecule has 0 bridgehead atoms. The van der Waals surface area contributed by atoms with Gasteiger partial charge in [-0.05, 0) is 32.0 Å². The zero-order valence-corrected chi connectivity index (χ0v) is 11.6. The molecular formula is C13H14BrNO2. The normalized spacial score (nSPS) is 11.1. The van der Waals surface area contributed by atoms with E-state index in [0.29, 0.717) is 11.6 Å². The van der Waals surface area contributed by atoms with Crippen LogP contribution in [-0.2, 0) is 4.74 Å². The molecule has 0 atom stereocenters. The number of rotatable bonds is 2. The average Bonchev–Trinajstić information content (AvgIpc) is 2.66. The number of halogens is 1. The molecule has 90 valence electrons. The predicted molar refractivity (Wildman–Crippen MR) is 71.4 cm³/mol. The number of fused-ring (bicyclic) bond motifs is 1. The molecule has 0 saturated heterocycles. The van der Waals surface area contributed by atoms with Gasteiger partial charge in [-0.1, -0.05) is 15.9 Å². The van der Waals surface area contributed by atoms with E-state index in [9.17, 15) is 4.79 Å². The number of hydrogen-bond acceptors (Lipinski definition) is 2. The first-order chi connectivity index (χ1) is 8.04. The fraction of sp³-hybridized carbons (Fsp3) is 0.308. The Morgan fingerprint density at radius 2 is 2.12 bits per heavy atom. The molecule has 1 aromatic carbocycles. The third-order valence-electron chi connectivity index (χ3n) is 2.76. The molecule has 1 heterocycles. The minimum Gasteiger partial charge on any atom is -0.465 e. The van der Waals surface area contributed by atoms with Crippen molar-refractivity contribution in [1.82, 2.24) is 4.57 Å². The molecule has 17 heavy (non-hydrogen) atoms. The molecular weight excluding hydrogens is 282 g/mol. The minimum absolute atomic E-state index is 0.299. The summed E-state index contributed by atoms with van der Waals surface area (Å²) in [6.07, 6.45) is 1.85. The number of esters is 1. The Morgan fingerprint density at radius 3 is 2.71 bits per heavy atom. The van der Waals surface area contributed by atoms with Gasteiger partial charge in [0.05, 0.1) is 12.7 Å². The summed E-state index contributed by atoms with van der Waals surface area (Å²) in [6, 6.07) is 6.23. The van der Waals surface area contributed by atoms with Crippen LogP contribution in [0, 0.1) is 0 Å². The van der Waals surface area contributed by atoms with Crippen molar-refractivity contribution in [1.29, 1.82) is 0 Å². The number of carbonyl (C=O) groups excluding carboxylic acids is 1. The van der Waals surface area contributed by atoms with Crippen LogP contribution in [0.5, 0.6) is 0 Å². The summed E-state index contributed by atoms with van der Waals surface area (Å²) in [7, 11) is 1.40. The Hall–Kier alpha value is -1.29. The standard InChI is InChI=1S/C13H14BrNO2/c1-8(2)15-7-11(13(16)17-3)10-6-9(14)4-5-12(10)15/h4-8H,1-3H3. The Kier molecular flexibility index (Phi) is 3.24. The van der Waals surface area contributed by atoms with Gasteiger partial charge >= 0.3 is 5.97 Å². The number of ether oxygens (including phenoxy) is 1. The highest BCUT2D eigenvalue weighted by Crippen LogP contribution is 2.28. The third kappa shape index (κ3) is 2.09. The second-order valence-electron chi connectivity index (χ2n) is 4.20. The number of methoxy groups -OCH3 is 1. The first-order valence-electron chi connectivity index (χ1n) is 5.43. The number of aromatic nitrogens is 1. The molecule has 2 aromatic rings. The fourth-order valence-electron chi connectivity index (χ4n) is 1.93. The molecule has 0 amide bonds. The molecule has 4 heteroatoms. The van der Waals surface area contributed by atoms with E-state index in [2.05, 4.69) is 34.3 Å². The number of hydrogen-bond donors (Lipinski definition) is 0. The molecule has 0 aliphatic carbocycles. The van der Waals surface area contributed by atoms with Crippen molar-refractivity contribution in [3.05, 3.63) is 34.4 Å². The van der Waals surface area contributed by atoms with E-state index in [1.807, 2.05) is 24.4 Å². The fourth-order valence-corrected chi connectivity index (χ4v) is 2.29. The van der Waals surface area contributed by atoms with Gasteiger partial charge in [-0.25, -0.2) is 4.79 Å². The van der Waals surface area contributed by atoms with Crippen molar-refractivity contribution in [3.8, 4) is 0 Å². The molecule has 2 rings (SSSR count). The number of benzene rings is 1. The molecule has 0 aliphatic heterocycles. The van der Waals surface area contributed by atoms with Crippen LogP contribution in [0.3, 0.4) is 0 Å². The van der Waals surface area contributed by atoms with Crippen LogP contribution < -0.4 is 0 Å². The van der Waals surface area contributed by atoms with Gasteiger partial charge in [0.15, 0.2) is 0 Å². The summed E-state index contributed by atoms with van der Waals surface area (Å²) >= 11 is 3.42. The van der Waals surface area contributed by atoms with Crippen molar-refractivity contribution < 1.29 is 9.53 Å². The second-order valence-corrected chi connectivity index (χ2v) is 5.11. The SMILES string of the molecule is COC(=O)c1cn(C(C)C)c2ccc(Br)cc12. The summed E-state index contributed by atoms with van der Waals surface area (Å²) in [5.41, 5.74) is 1.65. The monoisotopic (exact) mass is 295 g/mol. The van der Waals surface area contributed by atoms with E-state index in [4.69, 9.17) is 4.74 Å². The van der Waals surface area contributed by atoms with Crippen LogP contribution in [0.1, 0.15) is 30.2 Å². The number of nitrogens with zero attached hydrogens (tertiary/aromatic N) is 1. The van der Waals surface area contributed by atoms with Gasteiger partial charge in [-0.15, -0.1) is 0 Å². The van der Waals surface area contributed by atoms with Crippen LogP contribution in [-0.4, -0.2) is 17.6 Å². The zero-order valence-electron chi connectivity index (χ0n) is 10.0. The van der Waals surface area contributed by atoms with Crippen LogP contribution >= 0.6 is 15.9 Å². The first kappa shape index (κ1) is 12.2. The van der Waals surface area contributed by atoms with E-state index < -0.39 is 0 Å². The third-order valence-corrected chi connectivity index (χ3v) is 3.25. The molecule has 0 radical (unpaired) electrons. The van der Waals surface area contributed by atoms with Crippen molar-refractivity contribution >= 4 is 32.8 Å². The lowest BCUT2D eigenvalue weighted by molar-refractivity contribution is 0.0602. The van der Waals surface area contributed by atoms with E-state index in [1.165, 1.54) is 7.11 Å². The minimum atomic E-state index is -0.299. The lowest BCUT2D eigenvalue weighted by Crippen LogP contribution is -2.01. The highest BCUT2D eigenvalue weighted by molar-refractivity contribution is 9.10. The summed E-state index contributed by atoms with van der Waals surface area (Å²) in [6.45, 7) is 4.17. The van der Waals surface area contributed by atoms with E-state index in [0.717, 1.165) is 15.4 Å². The maximum Gasteiger partial charge on any atom is 0.340 e. The van der Waals surface area contributed by atoms with Gasteiger partial charge in [-0.2, -0.15) is 0 Å². The maximum absolute atomic E-state index is 11.7. The molecule has 0 unspecified atom stereocenters. The van der Waals surface area contributed by atoms with Gasteiger partial charge < -0.3 is 9.30 Å². The Morgan fingerprint density at radius 1 is 1.41 bits per heavy atom. The van der Waals surface area contributed by atoms with Crippen molar-refractivity contribution in [2.45, 2.75) is 19.9 Å². The highest BCUT2D eigenvalue weighted by Gasteiger charge is 2.16. The molecule has 0 N–H and O–H groups in total. The van der Waals surface area contributed by atoms with Crippen LogP contribution in [0.25, 0.3) is 10.9 Å². The smallest absolute Gasteiger partial charge is 0.340 e. The lowest BCUT2D eigenvalue weighted by atomic mass is 10.2. The van der Waals surface area contributed by atoms with Crippen LogP contribution in [0.4, 0.5) is 0 Å². The van der Waals surface area contributed by atoms with E-state index >= 15 is 0 Å². The summed E-state index contributed by atoms with van der Waals surface area (Å²) in [5, 5.41) is 0.917. The largest absolute Gasteiger partial charge is 0.465 e. The zero-order chi connectivity index (χ0) is 12.6. The van der Waals surface area contributed by atoms with Gasteiger partial charge in [0, 0.05) is 27.6 Å². The Balaban J connectivity index is 2.75. The summed E-state index contributed by atoms with van der Waals surface area (Å²) in [5.74, 6) is -0.299. The molecule has 0 spiro atoms. The Bertz CT molecular complexity index is 572. The quantitative estimate of drug-likeness (QED) is 0.790. The predicted octanol–water partition coefficient (Wildman–Crippen LogP) is 3.77. The summed E-state index contributed by atoms with van der Waals surface area (Å²) in [4.78, 5) is 11.7. The van der Waals surface area contributed by atoms with Crippen molar-refractivity contribution in [3.63, 3.8) is 0 Å². The van der Waals surface area contributed by atoms with Gasteiger partial charge in [0.25, 0.3) is 0 Å².